The summed E-state index contributed by atoms with van der Waals surface area (Å²) < 4.78 is 5.44. The third kappa shape index (κ3) is 3.00. The second-order valence-corrected chi connectivity index (χ2v) is 8.63. The lowest BCUT2D eigenvalue weighted by Gasteiger charge is -2.14. The number of fused-ring (bicyclic) bond motifs is 3. The Balaban J connectivity index is 1.80. The van der Waals surface area contributed by atoms with Crippen LogP contribution in [0.3, 0.4) is 0 Å². The summed E-state index contributed by atoms with van der Waals surface area (Å²) in [4.78, 5) is 7.80. The number of rotatable bonds is 3. The molecule has 2 aromatic carbocycles. The van der Waals surface area contributed by atoms with Crippen LogP contribution in [0.4, 0.5) is 0 Å². The normalized spacial score (nSPS) is 13.5. The van der Waals surface area contributed by atoms with E-state index in [1.165, 1.54) is 63.0 Å². The van der Waals surface area contributed by atoms with E-state index in [2.05, 4.69) is 49.4 Å². The molecular formula is C25H23NOS. The first-order valence-corrected chi connectivity index (χ1v) is 10.7. The number of ether oxygens (including phenoxy) is 1. The van der Waals surface area contributed by atoms with Gasteiger partial charge in [0.25, 0.3) is 0 Å². The fraction of sp³-hybridized carbons (Fsp3) is 0.240. The van der Waals surface area contributed by atoms with Crippen molar-refractivity contribution in [3.63, 3.8) is 0 Å². The maximum atomic E-state index is 5.44. The smallest absolute Gasteiger partial charge is 0.125 e. The Bertz CT molecular complexity index is 1170. The van der Waals surface area contributed by atoms with Crippen molar-refractivity contribution in [3.05, 3.63) is 70.6 Å². The summed E-state index contributed by atoms with van der Waals surface area (Å²) >= 11 is 1.89. The molecule has 4 aromatic rings. The lowest BCUT2D eigenvalue weighted by molar-refractivity contribution is 0.415. The summed E-state index contributed by atoms with van der Waals surface area (Å²) in [5.41, 5.74) is 7.53. The second-order valence-electron chi connectivity index (χ2n) is 7.55. The molecule has 3 heteroatoms. The summed E-state index contributed by atoms with van der Waals surface area (Å²) in [6, 6.07) is 19.3. The number of nitrogens with zero attached hydrogens (tertiary/aromatic N) is 1. The van der Waals surface area contributed by atoms with Gasteiger partial charge in [0.05, 0.1) is 12.8 Å². The van der Waals surface area contributed by atoms with E-state index in [1.54, 1.807) is 7.11 Å². The van der Waals surface area contributed by atoms with Crippen molar-refractivity contribution < 1.29 is 4.74 Å². The first-order chi connectivity index (χ1) is 13.7. The van der Waals surface area contributed by atoms with E-state index < -0.39 is 0 Å². The number of hydrogen-bond donors (Lipinski definition) is 0. The van der Waals surface area contributed by atoms with Crippen LogP contribution >= 0.6 is 11.3 Å². The molecule has 0 saturated heterocycles. The Labute approximate surface area is 169 Å². The molecule has 0 unspecified atom stereocenters. The molecule has 28 heavy (non-hydrogen) atoms. The Hall–Kier alpha value is -2.65. The van der Waals surface area contributed by atoms with Crippen molar-refractivity contribution >= 4 is 21.6 Å². The summed E-state index contributed by atoms with van der Waals surface area (Å²) in [7, 11) is 1.71. The van der Waals surface area contributed by atoms with E-state index >= 15 is 0 Å². The molecule has 0 spiro atoms. The maximum Gasteiger partial charge on any atom is 0.125 e. The Morgan fingerprint density at radius 2 is 1.75 bits per heavy atom. The second kappa shape index (κ2) is 7.06. The van der Waals surface area contributed by atoms with Gasteiger partial charge in [-0.1, -0.05) is 42.0 Å². The standard InChI is InChI=1S/C25H23NOS/c1-16-7-5-8-17(13-16)21-15-22(18-9-6-10-19(14-18)27-2)26-25-24(21)20-11-3-4-12-23(20)28-25/h5-10,13-15H,3-4,11-12H2,1-2H3. The lowest BCUT2D eigenvalue weighted by atomic mass is 9.91. The van der Waals surface area contributed by atoms with Crippen LogP contribution in [0.15, 0.2) is 54.6 Å². The highest BCUT2D eigenvalue weighted by atomic mass is 32.1. The van der Waals surface area contributed by atoms with Gasteiger partial charge in [0.1, 0.15) is 10.6 Å². The molecular weight excluding hydrogens is 362 g/mol. The third-order valence-corrected chi connectivity index (χ3v) is 6.81. The van der Waals surface area contributed by atoms with Crippen LogP contribution in [-0.2, 0) is 12.8 Å². The lowest BCUT2D eigenvalue weighted by Crippen LogP contribution is -1.99. The van der Waals surface area contributed by atoms with Gasteiger partial charge in [-0.2, -0.15) is 0 Å². The van der Waals surface area contributed by atoms with Crippen LogP contribution in [0.5, 0.6) is 5.75 Å². The largest absolute Gasteiger partial charge is 0.497 e. The highest BCUT2D eigenvalue weighted by Gasteiger charge is 2.21. The summed E-state index contributed by atoms with van der Waals surface area (Å²) in [5.74, 6) is 0.863. The highest BCUT2D eigenvalue weighted by molar-refractivity contribution is 7.19. The molecule has 2 nitrogen and oxygen atoms in total. The SMILES string of the molecule is COc1cccc(-c2cc(-c3cccc(C)c3)c3c4c(sc3n2)CCCC4)c1. The minimum Gasteiger partial charge on any atom is -0.497 e. The fourth-order valence-electron chi connectivity index (χ4n) is 4.23. The molecule has 1 aliphatic carbocycles. The van der Waals surface area contributed by atoms with Crippen LogP contribution in [0, 0.1) is 6.92 Å². The monoisotopic (exact) mass is 385 g/mol. The summed E-state index contributed by atoms with van der Waals surface area (Å²) in [5, 5.41) is 1.37. The van der Waals surface area contributed by atoms with Gasteiger partial charge in [0.15, 0.2) is 0 Å². The molecule has 2 aromatic heterocycles. The van der Waals surface area contributed by atoms with Gasteiger partial charge in [-0.15, -0.1) is 11.3 Å². The van der Waals surface area contributed by atoms with E-state index in [0.717, 1.165) is 17.0 Å². The highest BCUT2D eigenvalue weighted by Crippen LogP contribution is 2.42. The number of methoxy groups -OCH3 is 1. The van der Waals surface area contributed by atoms with Crippen molar-refractivity contribution in [3.8, 4) is 28.1 Å². The van der Waals surface area contributed by atoms with Crippen molar-refractivity contribution in [1.29, 1.82) is 0 Å². The molecule has 1 aliphatic rings. The van der Waals surface area contributed by atoms with Crippen LogP contribution in [0.1, 0.15) is 28.8 Å². The van der Waals surface area contributed by atoms with E-state index in [9.17, 15) is 0 Å². The van der Waals surface area contributed by atoms with Crippen LogP contribution in [0.25, 0.3) is 32.6 Å². The Morgan fingerprint density at radius 3 is 2.61 bits per heavy atom. The van der Waals surface area contributed by atoms with Gasteiger partial charge in [0, 0.05) is 15.8 Å². The van der Waals surface area contributed by atoms with E-state index in [0.29, 0.717) is 0 Å². The minimum absolute atomic E-state index is 0.863. The van der Waals surface area contributed by atoms with Crippen LogP contribution < -0.4 is 4.74 Å². The molecule has 2 heterocycles. The Kier molecular flexibility index (Phi) is 4.40. The van der Waals surface area contributed by atoms with E-state index in [4.69, 9.17) is 9.72 Å². The molecule has 0 fully saturated rings. The molecule has 140 valence electrons. The number of benzene rings is 2. The number of hydrogen-bond acceptors (Lipinski definition) is 3. The van der Waals surface area contributed by atoms with Gasteiger partial charge in [-0.3, -0.25) is 0 Å². The van der Waals surface area contributed by atoms with Crippen LogP contribution in [0.2, 0.25) is 0 Å². The van der Waals surface area contributed by atoms with Crippen molar-refractivity contribution in [1.82, 2.24) is 4.98 Å². The molecule has 0 amide bonds. The third-order valence-electron chi connectivity index (χ3n) is 5.62. The van der Waals surface area contributed by atoms with Crippen molar-refractivity contribution in [2.45, 2.75) is 32.6 Å². The Morgan fingerprint density at radius 1 is 0.929 bits per heavy atom. The quantitative estimate of drug-likeness (QED) is 0.386. The van der Waals surface area contributed by atoms with Crippen molar-refractivity contribution in [2.75, 3.05) is 7.11 Å². The predicted octanol–water partition coefficient (Wildman–Crippen LogP) is 6.83. The van der Waals surface area contributed by atoms with Gasteiger partial charge in [0.2, 0.25) is 0 Å². The average Bonchev–Trinajstić information content (AvgIpc) is 3.11. The predicted molar refractivity (Wildman–Crippen MR) is 118 cm³/mol. The van der Waals surface area contributed by atoms with Gasteiger partial charge >= 0.3 is 0 Å². The first kappa shape index (κ1) is 17.4. The number of pyridine rings is 1. The fourth-order valence-corrected chi connectivity index (χ4v) is 5.52. The van der Waals surface area contributed by atoms with E-state index in [-0.39, 0.29) is 0 Å². The van der Waals surface area contributed by atoms with Crippen LogP contribution in [-0.4, -0.2) is 12.1 Å². The molecule has 5 rings (SSSR count). The van der Waals surface area contributed by atoms with Gasteiger partial charge < -0.3 is 4.74 Å². The molecule has 0 N–H and O–H groups in total. The average molecular weight is 386 g/mol. The van der Waals surface area contributed by atoms with E-state index in [1.807, 2.05) is 23.5 Å². The molecule has 0 atom stereocenters. The number of aryl methyl sites for hydroxylation is 3. The minimum atomic E-state index is 0.863. The zero-order chi connectivity index (χ0) is 19.1. The molecule has 0 aliphatic heterocycles. The maximum absolute atomic E-state index is 5.44. The zero-order valence-corrected chi connectivity index (χ0v) is 17.1. The topological polar surface area (TPSA) is 22.1 Å². The first-order valence-electron chi connectivity index (χ1n) is 9.90. The molecule has 0 saturated carbocycles. The summed E-state index contributed by atoms with van der Waals surface area (Å²) in [6.45, 7) is 2.16. The number of aromatic nitrogens is 1. The molecule has 0 radical (unpaired) electrons. The summed E-state index contributed by atoms with van der Waals surface area (Å²) in [6.07, 6.45) is 4.94. The zero-order valence-electron chi connectivity index (χ0n) is 16.3. The number of thiophene rings is 1. The van der Waals surface area contributed by atoms with Crippen molar-refractivity contribution in [2.24, 2.45) is 0 Å². The van der Waals surface area contributed by atoms with Gasteiger partial charge in [-0.05, 0) is 67.5 Å². The van der Waals surface area contributed by atoms with Gasteiger partial charge in [-0.25, -0.2) is 4.98 Å². The molecule has 0 bridgehead atoms.